The summed E-state index contributed by atoms with van der Waals surface area (Å²) in [4.78, 5) is 2.63. The van der Waals surface area contributed by atoms with Gasteiger partial charge in [-0.25, -0.2) is 0 Å². The zero-order valence-electron chi connectivity index (χ0n) is 11.7. The lowest BCUT2D eigenvalue weighted by Gasteiger charge is -2.35. The number of piperidine rings is 1. The number of hydrogen-bond donors (Lipinski definition) is 1. The normalized spacial score (nSPS) is 30.0. The SMILES string of the molecule is CCN(CC1CCC(C)(C)O1)C1CCNCC1. The lowest BCUT2D eigenvalue weighted by Crippen LogP contribution is -2.46. The Morgan fingerprint density at radius 3 is 2.47 bits per heavy atom. The van der Waals surface area contributed by atoms with Crippen LogP contribution in [0.25, 0.3) is 0 Å². The van der Waals surface area contributed by atoms with Crippen LogP contribution in [0.4, 0.5) is 0 Å². The fourth-order valence-electron chi connectivity index (χ4n) is 3.18. The minimum atomic E-state index is 0.109. The van der Waals surface area contributed by atoms with Gasteiger partial charge in [0.1, 0.15) is 0 Å². The van der Waals surface area contributed by atoms with Crippen LogP contribution in [-0.2, 0) is 4.74 Å². The highest BCUT2D eigenvalue weighted by Crippen LogP contribution is 2.30. The molecule has 0 bridgehead atoms. The quantitative estimate of drug-likeness (QED) is 0.813. The van der Waals surface area contributed by atoms with Crippen LogP contribution in [0.1, 0.15) is 46.5 Å². The third-order valence-electron chi connectivity index (χ3n) is 4.22. The van der Waals surface area contributed by atoms with Crippen molar-refractivity contribution in [1.82, 2.24) is 10.2 Å². The zero-order chi connectivity index (χ0) is 12.3. The number of rotatable bonds is 4. The van der Waals surface area contributed by atoms with Crippen molar-refractivity contribution in [2.75, 3.05) is 26.2 Å². The van der Waals surface area contributed by atoms with Gasteiger partial charge in [0.05, 0.1) is 11.7 Å². The van der Waals surface area contributed by atoms with Crippen LogP contribution < -0.4 is 5.32 Å². The fourth-order valence-corrected chi connectivity index (χ4v) is 3.18. The molecule has 2 saturated heterocycles. The third kappa shape index (κ3) is 3.67. The molecule has 0 aliphatic carbocycles. The zero-order valence-corrected chi connectivity index (χ0v) is 11.7. The molecule has 100 valence electrons. The van der Waals surface area contributed by atoms with Crippen LogP contribution in [0, 0.1) is 0 Å². The van der Waals surface area contributed by atoms with E-state index in [0.717, 1.165) is 19.1 Å². The first-order valence-corrected chi connectivity index (χ1v) is 7.23. The van der Waals surface area contributed by atoms with Crippen molar-refractivity contribution in [2.24, 2.45) is 0 Å². The molecular weight excluding hydrogens is 212 g/mol. The van der Waals surface area contributed by atoms with Gasteiger partial charge >= 0.3 is 0 Å². The topological polar surface area (TPSA) is 24.5 Å². The Bertz CT molecular complexity index is 236. The first-order valence-electron chi connectivity index (χ1n) is 7.23. The molecule has 3 heteroatoms. The van der Waals surface area contributed by atoms with Gasteiger partial charge < -0.3 is 10.1 Å². The Labute approximate surface area is 106 Å². The fraction of sp³-hybridized carbons (Fsp3) is 1.00. The van der Waals surface area contributed by atoms with E-state index in [-0.39, 0.29) is 5.60 Å². The van der Waals surface area contributed by atoms with Crippen LogP contribution in [0.5, 0.6) is 0 Å². The van der Waals surface area contributed by atoms with Crippen LogP contribution in [0.15, 0.2) is 0 Å². The van der Waals surface area contributed by atoms with Gasteiger partial charge in [0.2, 0.25) is 0 Å². The van der Waals surface area contributed by atoms with Gasteiger partial charge in [0, 0.05) is 12.6 Å². The predicted octanol–water partition coefficient (Wildman–Crippen LogP) is 2.02. The molecule has 0 radical (unpaired) electrons. The summed E-state index contributed by atoms with van der Waals surface area (Å²) in [5.74, 6) is 0. The van der Waals surface area contributed by atoms with Crippen molar-refractivity contribution in [3.8, 4) is 0 Å². The molecular formula is C14H28N2O. The molecule has 0 aromatic heterocycles. The number of ether oxygens (including phenoxy) is 1. The summed E-state index contributed by atoms with van der Waals surface area (Å²) in [5, 5.41) is 3.44. The molecule has 2 rings (SSSR count). The molecule has 2 heterocycles. The van der Waals surface area contributed by atoms with E-state index in [1.54, 1.807) is 0 Å². The summed E-state index contributed by atoms with van der Waals surface area (Å²) >= 11 is 0. The van der Waals surface area contributed by atoms with Gasteiger partial charge in [-0.1, -0.05) is 6.92 Å². The Balaban J connectivity index is 1.82. The number of likely N-dealkylation sites (N-methyl/N-ethyl adjacent to an activating group) is 1. The minimum absolute atomic E-state index is 0.109. The molecule has 0 saturated carbocycles. The van der Waals surface area contributed by atoms with E-state index in [9.17, 15) is 0 Å². The van der Waals surface area contributed by atoms with Crippen molar-refractivity contribution in [1.29, 1.82) is 0 Å². The summed E-state index contributed by atoms with van der Waals surface area (Å²) in [6.07, 6.45) is 5.49. The standard InChI is InChI=1S/C14H28N2O/c1-4-16(12-6-9-15-10-7-12)11-13-5-8-14(2,3)17-13/h12-13,15H,4-11H2,1-3H3. The molecule has 0 aromatic carbocycles. The maximum atomic E-state index is 6.11. The second-order valence-electron chi connectivity index (χ2n) is 6.11. The molecule has 0 aromatic rings. The second-order valence-corrected chi connectivity index (χ2v) is 6.11. The van der Waals surface area contributed by atoms with E-state index in [1.165, 1.54) is 38.8 Å². The van der Waals surface area contributed by atoms with E-state index in [0.29, 0.717) is 6.10 Å². The van der Waals surface area contributed by atoms with Gasteiger partial charge in [-0.3, -0.25) is 4.90 Å². The minimum Gasteiger partial charge on any atom is -0.371 e. The molecule has 2 fully saturated rings. The Kier molecular flexibility index (Phi) is 4.45. The van der Waals surface area contributed by atoms with Crippen LogP contribution in [0.3, 0.4) is 0 Å². The second kappa shape index (κ2) is 5.68. The molecule has 2 aliphatic rings. The van der Waals surface area contributed by atoms with Gasteiger partial charge in [0.25, 0.3) is 0 Å². The molecule has 0 amide bonds. The molecule has 1 atom stereocenters. The summed E-state index contributed by atoms with van der Waals surface area (Å²) in [6.45, 7) is 11.4. The van der Waals surface area contributed by atoms with Crippen LogP contribution in [-0.4, -0.2) is 48.8 Å². The van der Waals surface area contributed by atoms with Gasteiger partial charge in [-0.2, -0.15) is 0 Å². The average Bonchev–Trinajstić information content (AvgIpc) is 2.67. The Morgan fingerprint density at radius 2 is 1.94 bits per heavy atom. The molecule has 17 heavy (non-hydrogen) atoms. The van der Waals surface area contributed by atoms with Crippen molar-refractivity contribution < 1.29 is 4.74 Å². The molecule has 3 nitrogen and oxygen atoms in total. The van der Waals surface area contributed by atoms with Gasteiger partial charge in [0.15, 0.2) is 0 Å². The summed E-state index contributed by atoms with van der Waals surface area (Å²) in [7, 11) is 0. The lowest BCUT2D eigenvalue weighted by molar-refractivity contribution is -0.0346. The number of nitrogens with zero attached hydrogens (tertiary/aromatic N) is 1. The average molecular weight is 240 g/mol. The predicted molar refractivity (Wildman–Crippen MR) is 71.3 cm³/mol. The first-order chi connectivity index (χ1) is 8.11. The third-order valence-corrected chi connectivity index (χ3v) is 4.22. The number of hydrogen-bond acceptors (Lipinski definition) is 3. The maximum absolute atomic E-state index is 6.11. The van der Waals surface area contributed by atoms with Crippen molar-refractivity contribution in [3.63, 3.8) is 0 Å². The molecule has 1 N–H and O–H groups in total. The van der Waals surface area contributed by atoms with Crippen LogP contribution in [0.2, 0.25) is 0 Å². The van der Waals surface area contributed by atoms with E-state index < -0.39 is 0 Å². The van der Waals surface area contributed by atoms with Crippen LogP contribution >= 0.6 is 0 Å². The summed E-state index contributed by atoms with van der Waals surface area (Å²) < 4.78 is 6.11. The highest BCUT2D eigenvalue weighted by Gasteiger charge is 2.33. The smallest absolute Gasteiger partial charge is 0.0710 e. The van der Waals surface area contributed by atoms with E-state index in [4.69, 9.17) is 4.74 Å². The highest BCUT2D eigenvalue weighted by atomic mass is 16.5. The van der Waals surface area contributed by atoms with E-state index >= 15 is 0 Å². The van der Waals surface area contributed by atoms with Gasteiger partial charge in [-0.05, 0) is 59.2 Å². The molecule has 2 aliphatic heterocycles. The largest absolute Gasteiger partial charge is 0.371 e. The summed E-state index contributed by atoms with van der Waals surface area (Å²) in [6, 6.07) is 0.772. The lowest BCUT2D eigenvalue weighted by atomic mass is 10.0. The Morgan fingerprint density at radius 1 is 1.24 bits per heavy atom. The van der Waals surface area contributed by atoms with E-state index in [2.05, 4.69) is 31.0 Å². The van der Waals surface area contributed by atoms with E-state index in [1.807, 2.05) is 0 Å². The maximum Gasteiger partial charge on any atom is 0.0710 e. The van der Waals surface area contributed by atoms with Crippen molar-refractivity contribution in [3.05, 3.63) is 0 Å². The first kappa shape index (κ1) is 13.3. The number of nitrogens with one attached hydrogen (secondary N) is 1. The highest BCUT2D eigenvalue weighted by molar-refractivity contribution is 4.85. The molecule has 1 unspecified atom stereocenters. The monoisotopic (exact) mass is 240 g/mol. The summed E-state index contributed by atoms with van der Waals surface area (Å²) in [5.41, 5.74) is 0.109. The van der Waals surface area contributed by atoms with Crippen molar-refractivity contribution in [2.45, 2.75) is 64.2 Å². The van der Waals surface area contributed by atoms with Crippen molar-refractivity contribution >= 4 is 0 Å². The van der Waals surface area contributed by atoms with Gasteiger partial charge in [-0.15, -0.1) is 0 Å². The Hall–Kier alpha value is -0.120. The molecule has 0 spiro atoms.